The van der Waals surface area contributed by atoms with E-state index in [0.29, 0.717) is 30.1 Å². The molecule has 0 bridgehead atoms. The van der Waals surface area contributed by atoms with Gasteiger partial charge in [-0.05, 0) is 62.1 Å². The number of thiazole rings is 1. The lowest BCUT2D eigenvalue weighted by atomic mass is 9.96. The Balaban J connectivity index is 1.35. The number of hydrogen-bond acceptors (Lipinski definition) is 7. The van der Waals surface area contributed by atoms with Crippen molar-refractivity contribution in [3.8, 4) is 5.75 Å². The molecular formula is C25H27F2N3O5S2. The van der Waals surface area contributed by atoms with Crippen LogP contribution in [0.4, 0.5) is 13.9 Å². The maximum absolute atomic E-state index is 14.2. The van der Waals surface area contributed by atoms with Crippen LogP contribution in [0.2, 0.25) is 0 Å². The molecular weight excluding hydrogens is 524 g/mol. The van der Waals surface area contributed by atoms with Crippen LogP contribution in [0.15, 0.2) is 41.3 Å². The summed E-state index contributed by atoms with van der Waals surface area (Å²) >= 11 is 1.39. The van der Waals surface area contributed by atoms with E-state index < -0.39 is 32.5 Å². The van der Waals surface area contributed by atoms with E-state index in [2.05, 4.69) is 4.98 Å². The maximum Gasteiger partial charge on any atom is 0.246 e. The van der Waals surface area contributed by atoms with Crippen LogP contribution in [0.3, 0.4) is 0 Å². The van der Waals surface area contributed by atoms with E-state index in [4.69, 9.17) is 9.47 Å². The molecule has 1 amide bonds. The first-order chi connectivity index (χ1) is 17.8. The third kappa shape index (κ3) is 5.33. The molecule has 2 saturated heterocycles. The van der Waals surface area contributed by atoms with Crippen LogP contribution in [-0.2, 0) is 19.6 Å². The predicted octanol–water partition coefficient (Wildman–Crippen LogP) is 4.20. The number of carbonyl (C=O) groups excluding carboxylic acids is 1. The number of aromatic nitrogens is 1. The zero-order chi connectivity index (χ0) is 26.2. The van der Waals surface area contributed by atoms with Crippen molar-refractivity contribution >= 4 is 42.6 Å². The molecule has 2 aromatic carbocycles. The minimum absolute atomic E-state index is 0.0273. The molecule has 37 heavy (non-hydrogen) atoms. The van der Waals surface area contributed by atoms with Crippen molar-refractivity contribution in [2.45, 2.75) is 36.7 Å². The summed E-state index contributed by atoms with van der Waals surface area (Å²) in [7, 11) is -2.64. The summed E-state index contributed by atoms with van der Waals surface area (Å²) in [6.07, 6.45) is 2.20. The van der Waals surface area contributed by atoms with Gasteiger partial charge in [0.2, 0.25) is 15.9 Å². The molecule has 198 valence electrons. The van der Waals surface area contributed by atoms with Gasteiger partial charge >= 0.3 is 0 Å². The molecule has 1 atom stereocenters. The Morgan fingerprint density at radius 2 is 1.97 bits per heavy atom. The average Bonchev–Trinajstić information content (AvgIpc) is 3.57. The topological polar surface area (TPSA) is 89.0 Å². The minimum Gasteiger partial charge on any atom is -0.497 e. The molecule has 12 heteroatoms. The van der Waals surface area contributed by atoms with Crippen LogP contribution in [0.5, 0.6) is 5.75 Å². The van der Waals surface area contributed by atoms with Crippen molar-refractivity contribution in [1.29, 1.82) is 0 Å². The van der Waals surface area contributed by atoms with Crippen LogP contribution in [-0.4, -0.2) is 63.1 Å². The molecule has 8 nitrogen and oxygen atoms in total. The van der Waals surface area contributed by atoms with E-state index in [-0.39, 0.29) is 37.9 Å². The van der Waals surface area contributed by atoms with E-state index in [1.54, 1.807) is 12.0 Å². The largest absolute Gasteiger partial charge is 0.497 e. The first kappa shape index (κ1) is 26.0. The molecule has 0 N–H and O–H groups in total. The quantitative estimate of drug-likeness (QED) is 0.438. The van der Waals surface area contributed by atoms with Crippen LogP contribution in [0, 0.1) is 17.6 Å². The summed E-state index contributed by atoms with van der Waals surface area (Å²) in [6, 6.07) is 7.90. The lowest BCUT2D eigenvalue weighted by Gasteiger charge is -2.33. The SMILES string of the molecule is COc1ccc2nc(N(CC3CCCO3)C(=O)C3CCN(S(=O)(=O)c4cc(F)ccc4F)CC3)sc2c1. The molecule has 0 spiro atoms. The van der Waals surface area contributed by atoms with Crippen molar-refractivity contribution in [3.05, 3.63) is 48.0 Å². The molecule has 0 radical (unpaired) electrons. The number of sulfonamides is 1. The van der Waals surface area contributed by atoms with E-state index in [1.807, 2.05) is 18.2 Å². The highest BCUT2D eigenvalue weighted by Gasteiger charge is 2.37. The van der Waals surface area contributed by atoms with E-state index in [1.165, 1.54) is 11.3 Å². The highest BCUT2D eigenvalue weighted by Crippen LogP contribution is 2.34. The summed E-state index contributed by atoms with van der Waals surface area (Å²) < 4.78 is 66.8. The van der Waals surface area contributed by atoms with Gasteiger partial charge in [0.25, 0.3) is 0 Å². The van der Waals surface area contributed by atoms with Crippen molar-refractivity contribution in [1.82, 2.24) is 9.29 Å². The summed E-state index contributed by atoms with van der Waals surface area (Å²) in [4.78, 5) is 19.4. The monoisotopic (exact) mass is 551 g/mol. The molecule has 2 aliphatic heterocycles. The molecule has 1 aromatic heterocycles. The molecule has 5 rings (SSSR count). The number of anilines is 1. The van der Waals surface area contributed by atoms with Gasteiger partial charge in [-0.15, -0.1) is 0 Å². The Morgan fingerprint density at radius 3 is 2.68 bits per heavy atom. The number of rotatable bonds is 7. The zero-order valence-electron chi connectivity index (χ0n) is 20.2. The van der Waals surface area contributed by atoms with Crippen LogP contribution < -0.4 is 9.64 Å². The standard InChI is InChI=1S/C25H27F2N3O5S2/c1-34-18-5-7-21-22(14-18)36-25(28-21)30(15-19-3-2-12-35-19)24(31)16-8-10-29(11-9-16)37(32,33)23-13-17(26)4-6-20(23)27/h4-7,13-14,16,19H,2-3,8-12,15H2,1H3. The highest BCUT2D eigenvalue weighted by atomic mass is 32.2. The molecule has 2 aliphatic rings. The number of halogens is 2. The van der Waals surface area contributed by atoms with Gasteiger partial charge in [-0.25, -0.2) is 22.2 Å². The van der Waals surface area contributed by atoms with Gasteiger partial charge < -0.3 is 9.47 Å². The molecule has 3 heterocycles. The maximum atomic E-state index is 14.2. The van der Waals surface area contributed by atoms with Gasteiger partial charge in [0.1, 0.15) is 22.3 Å². The van der Waals surface area contributed by atoms with Gasteiger partial charge in [-0.1, -0.05) is 11.3 Å². The Kier molecular flexibility index (Phi) is 7.44. The Hall–Kier alpha value is -2.67. The van der Waals surface area contributed by atoms with Gasteiger partial charge in [0, 0.05) is 25.6 Å². The molecule has 1 unspecified atom stereocenters. The highest BCUT2D eigenvalue weighted by molar-refractivity contribution is 7.89. The Bertz CT molecular complexity index is 1400. The van der Waals surface area contributed by atoms with Crippen molar-refractivity contribution < 1.29 is 31.5 Å². The number of fused-ring (bicyclic) bond motifs is 1. The van der Waals surface area contributed by atoms with E-state index in [9.17, 15) is 22.0 Å². The number of carbonyl (C=O) groups is 1. The fraction of sp³-hybridized carbons (Fsp3) is 0.440. The van der Waals surface area contributed by atoms with Gasteiger partial charge in [0.15, 0.2) is 5.13 Å². The fourth-order valence-electron chi connectivity index (χ4n) is 4.77. The smallest absolute Gasteiger partial charge is 0.246 e. The number of nitrogens with zero attached hydrogens (tertiary/aromatic N) is 3. The lowest BCUT2D eigenvalue weighted by Crippen LogP contribution is -2.46. The van der Waals surface area contributed by atoms with Crippen molar-refractivity contribution in [2.24, 2.45) is 5.92 Å². The normalized spacial score (nSPS) is 19.4. The van der Waals surface area contributed by atoms with Crippen molar-refractivity contribution in [3.63, 3.8) is 0 Å². The number of ether oxygens (including phenoxy) is 2. The summed E-state index contributed by atoms with van der Waals surface area (Å²) in [5.41, 5.74) is 0.754. The van der Waals surface area contributed by atoms with E-state index in [0.717, 1.165) is 39.5 Å². The van der Waals surface area contributed by atoms with Crippen LogP contribution in [0.25, 0.3) is 10.2 Å². The second-order valence-corrected chi connectivity index (χ2v) is 12.1. The molecule has 2 fully saturated rings. The Labute approximate surface area is 217 Å². The lowest BCUT2D eigenvalue weighted by molar-refractivity contribution is -0.123. The number of hydrogen-bond donors (Lipinski definition) is 0. The van der Waals surface area contributed by atoms with Gasteiger partial charge in [0.05, 0.1) is 30.0 Å². The number of piperidine rings is 1. The first-order valence-corrected chi connectivity index (χ1v) is 14.3. The third-order valence-corrected chi connectivity index (χ3v) is 9.76. The van der Waals surface area contributed by atoms with E-state index >= 15 is 0 Å². The average molecular weight is 552 g/mol. The third-order valence-electron chi connectivity index (χ3n) is 6.81. The van der Waals surface area contributed by atoms with Crippen LogP contribution >= 0.6 is 11.3 Å². The van der Waals surface area contributed by atoms with Gasteiger partial charge in [-0.3, -0.25) is 9.69 Å². The zero-order valence-corrected chi connectivity index (χ0v) is 21.9. The molecule has 3 aromatic rings. The summed E-state index contributed by atoms with van der Waals surface area (Å²) in [5, 5.41) is 0.556. The predicted molar refractivity (Wildman–Crippen MR) is 135 cm³/mol. The molecule has 0 saturated carbocycles. The number of methoxy groups -OCH3 is 1. The van der Waals surface area contributed by atoms with Gasteiger partial charge in [-0.2, -0.15) is 4.31 Å². The second kappa shape index (κ2) is 10.6. The summed E-state index contributed by atoms with van der Waals surface area (Å²) in [6.45, 7) is 1.07. The van der Waals surface area contributed by atoms with Crippen molar-refractivity contribution in [2.75, 3.05) is 38.3 Å². The second-order valence-electron chi connectivity index (χ2n) is 9.17. The molecule has 0 aliphatic carbocycles. The summed E-state index contributed by atoms with van der Waals surface area (Å²) in [5.74, 6) is -1.72. The first-order valence-electron chi connectivity index (χ1n) is 12.1. The Morgan fingerprint density at radius 1 is 1.19 bits per heavy atom. The fourth-order valence-corrected chi connectivity index (χ4v) is 7.32. The van der Waals surface area contributed by atoms with Crippen LogP contribution in [0.1, 0.15) is 25.7 Å². The number of benzene rings is 2. The minimum atomic E-state index is -4.23. The number of amides is 1.